The van der Waals surface area contributed by atoms with Gasteiger partial charge in [0.1, 0.15) is 6.61 Å². The third kappa shape index (κ3) is 4.30. The fourth-order valence-electron chi connectivity index (χ4n) is 3.10. The molecule has 0 amide bonds. The number of aryl methyl sites for hydroxylation is 2. The second-order valence-corrected chi connectivity index (χ2v) is 7.04. The van der Waals surface area contributed by atoms with Crippen LogP contribution in [0.25, 0.3) is 22.2 Å². The summed E-state index contributed by atoms with van der Waals surface area (Å²) in [6, 6.07) is 17.4. The standard InChI is InChI=1S/C23H19ClN2O3/c1-15-17-9-5-6-10-18(17)26-19(23(15)24)14-28-22(27)12-11-21-25-13-20(29-21)16-7-3-2-4-8-16/h2-10,13H,11-12,14H2,1H3. The summed E-state index contributed by atoms with van der Waals surface area (Å²) >= 11 is 6.41. The SMILES string of the molecule is Cc1c(Cl)c(COC(=O)CCc2ncc(-c3ccccc3)o2)nc2ccccc12. The number of benzene rings is 2. The van der Waals surface area contributed by atoms with Crippen LogP contribution in [0.15, 0.2) is 65.2 Å². The first-order valence-corrected chi connectivity index (χ1v) is 9.69. The fraction of sp³-hybridized carbons (Fsp3) is 0.174. The highest BCUT2D eigenvalue weighted by atomic mass is 35.5. The first-order valence-electron chi connectivity index (χ1n) is 9.31. The molecule has 0 radical (unpaired) electrons. The van der Waals surface area contributed by atoms with Crippen LogP contribution < -0.4 is 0 Å². The van der Waals surface area contributed by atoms with E-state index in [9.17, 15) is 4.79 Å². The van der Waals surface area contributed by atoms with Crippen molar-refractivity contribution in [2.75, 3.05) is 0 Å². The number of hydrogen-bond donors (Lipinski definition) is 0. The van der Waals surface area contributed by atoms with Gasteiger partial charge in [0.15, 0.2) is 11.7 Å². The number of nitrogens with zero attached hydrogens (tertiary/aromatic N) is 2. The zero-order chi connectivity index (χ0) is 20.2. The summed E-state index contributed by atoms with van der Waals surface area (Å²) < 4.78 is 11.1. The Morgan fingerprint density at radius 2 is 1.86 bits per heavy atom. The topological polar surface area (TPSA) is 65.2 Å². The first kappa shape index (κ1) is 19.2. The van der Waals surface area contributed by atoms with E-state index in [1.807, 2.05) is 61.5 Å². The number of para-hydroxylation sites is 1. The van der Waals surface area contributed by atoms with Gasteiger partial charge in [-0.25, -0.2) is 9.97 Å². The number of halogens is 1. The van der Waals surface area contributed by atoms with Gasteiger partial charge in [-0.15, -0.1) is 0 Å². The Balaban J connectivity index is 1.36. The second kappa shape index (κ2) is 8.45. The van der Waals surface area contributed by atoms with E-state index in [0.717, 1.165) is 22.0 Å². The third-order valence-electron chi connectivity index (χ3n) is 4.67. The molecule has 0 atom stereocenters. The van der Waals surface area contributed by atoms with E-state index in [4.69, 9.17) is 20.8 Å². The summed E-state index contributed by atoms with van der Waals surface area (Å²) in [4.78, 5) is 20.9. The monoisotopic (exact) mass is 406 g/mol. The highest BCUT2D eigenvalue weighted by Crippen LogP contribution is 2.27. The van der Waals surface area contributed by atoms with Crippen molar-refractivity contribution in [2.45, 2.75) is 26.4 Å². The zero-order valence-corrected chi connectivity index (χ0v) is 16.6. The highest BCUT2D eigenvalue weighted by molar-refractivity contribution is 6.32. The van der Waals surface area contributed by atoms with Crippen LogP contribution in [0, 0.1) is 6.92 Å². The van der Waals surface area contributed by atoms with Gasteiger partial charge in [0.2, 0.25) is 0 Å². The molecule has 2 heterocycles. The van der Waals surface area contributed by atoms with E-state index in [2.05, 4.69) is 9.97 Å². The van der Waals surface area contributed by atoms with Crippen molar-refractivity contribution in [2.24, 2.45) is 0 Å². The van der Waals surface area contributed by atoms with Gasteiger partial charge in [0, 0.05) is 17.4 Å². The third-order valence-corrected chi connectivity index (χ3v) is 5.17. The van der Waals surface area contributed by atoms with Crippen LogP contribution in [-0.4, -0.2) is 15.9 Å². The van der Waals surface area contributed by atoms with Crippen LogP contribution in [0.1, 0.15) is 23.6 Å². The molecule has 0 aliphatic heterocycles. The zero-order valence-electron chi connectivity index (χ0n) is 15.9. The molecule has 146 valence electrons. The lowest BCUT2D eigenvalue weighted by atomic mass is 10.1. The summed E-state index contributed by atoms with van der Waals surface area (Å²) in [5.41, 5.74) is 3.25. The number of oxazole rings is 1. The highest BCUT2D eigenvalue weighted by Gasteiger charge is 2.14. The Morgan fingerprint density at radius 1 is 1.10 bits per heavy atom. The minimum atomic E-state index is -0.354. The van der Waals surface area contributed by atoms with Gasteiger partial charge < -0.3 is 9.15 Å². The van der Waals surface area contributed by atoms with Crippen molar-refractivity contribution in [3.8, 4) is 11.3 Å². The lowest BCUT2D eigenvalue weighted by Gasteiger charge is -2.10. The molecule has 5 nitrogen and oxygen atoms in total. The second-order valence-electron chi connectivity index (χ2n) is 6.66. The summed E-state index contributed by atoms with van der Waals surface area (Å²) in [5.74, 6) is 0.822. The molecule has 0 unspecified atom stereocenters. The van der Waals surface area contributed by atoms with Crippen LogP contribution in [0.4, 0.5) is 0 Å². The molecule has 2 aromatic carbocycles. The summed E-state index contributed by atoms with van der Waals surface area (Å²) in [6.07, 6.45) is 2.19. The van der Waals surface area contributed by atoms with E-state index < -0.39 is 0 Å². The van der Waals surface area contributed by atoms with E-state index in [-0.39, 0.29) is 19.0 Å². The maximum Gasteiger partial charge on any atom is 0.306 e. The number of fused-ring (bicyclic) bond motifs is 1. The Labute approximate surface area is 173 Å². The summed E-state index contributed by atoms with van der Waals surface area (Å²) in [7, 11) is 0. The van der Waals surface area contributed by atoms with Crippen LogP contribution in [0.2, 0.25) is 5.02 Å². The van der Waals surface area contributed by atoms with Crippen LogP contribution in [-0.2, 0) is 22.6 Å². The predicted octanol–water partition coefficient (Wildman–Crippen LogP) is 5.53. The van der Waals surface area contributed by atoms with Gasteiger partial charge in [0.25, 0.3) is 0 Å². The molecule has 4 aromatic rings. The maximum absolute atomic E-state index is 12.2. The molecule has 2 aromatic heterocycles. The molecule has 0 bridgehead atoms. The summed E-state index contributed by atoms with van der Waals surface area (Å²) in [6.45, 7) is 1.97. The number of aromatic nitrogens is 2. The molecule has 6 heteroatoms. The molecule has 0 saturated carbocycles. The van der Waals surface area contributed by atoms with Crippen molar-refractivity contribution in [1.29, 1.82) is 0 Å². The quantitative estimate of drug-likeness (QED) is 0.394. The number of esters is 1. The largest absolute Gasteiger partial charge is 0.459 e. The fourth-order valence-corrected chi connectivity index (χ4v) is 3.30. The first-order chi connectivity index (χ1) is 14.1. The van der Waals surface area contributed by atoms with Crippen LogP contribution in [0.5, 0.6) is 0 Å². The average Bonchev–Trinajstić information content (AvgIpc) is 3.23. The number of carbonyl (C=O) groups is 1. The summed E-state index contributed by atoms with van der Waals surface area (Å²) in [5, 5.41) is 1.52. The van der Waals surface area contributed by atoms with Gasteiger partial charge in [-0.1, -0.05) is 60.1 Å². The number of pyridine rings is 1. The predicted molar refractivity (Wildman–Crippen MR) is 112 cm³/mol. The van der Waals surface area contributed by atoms with Gasteiger partial charge in [-0.05, 0) is 18.6 Å². The average molecular weight is 407 g/mol. The van der Waals surface area contributed by atoms with E-state index in [1.165, 1.54) is 0 Å². The molecule has 0 fully saturated rings. The lowest BCUT2D eigenvalue weighted by Crippen LogP contribution is -2.08. The van der Waals surface area contributed by atoms with Gasteiger partial charge in [0.05, 0.1) is 28.9 Å². The van der Waals surface area contributed by atoms with Crippen molar-refractivity contribution >= 4 is 28.5 Å². The Kier molecular flexibility index (Phi) is 5.58. The van der Waals surface area contributed by atoms with Gasteiger partial charge >= 0.3 is 5.97 Å². The smallest absolute Gasteiger partial charge is 0.306 e. The number of rotatable bonds is 6. The Hall–Kier alpha value is -3.18. The number of ether oxygens (including phenoxy) is 1. The minimum Gasteiger partial charge on any atom is -0.459 e. The van der Waals surface area contributed by atoms with Crippen molar-refractivity contribution in [3.63, 3.8) is 0 Å². The van der Waals surface area contributed by atoms with Crippen molar-refractivity contribution in [1.82, 2.24) is 9.97 Å². The van der Waals surface area contributed by atoms with Crippen LogP contribution in [0.3, 0.4) is 0 Å². The molecule has 0 aliphatic carbocycles. The lowest BCUT2D eigenvalue weighted by molar-refractivity contribution is -0.145. The number of hydrogen-bond acceptors (Lipinski definition) is 5. The van der Waals surface area contributed by atoms with Crippen molar-refractivity contribution < 1.29 is 13.9 Å². The van der Waals surface area contributed by atoms with Crippen LogP contribution >= 0.6 is 11.6 Å². The molecule has 0 aliphatic rings. The van der Waals surface area contributed by atoms with E-state index in [1.54, 1.807) is 6.20 Å². The molecule has 4 rings (SSSR count). The number of carbonyl (C=O) groups excluding carboxylic acids is 1. The molecular formula is C23H19ClN2O3. The molecule has 0 saturated heterocycles. The molecular weight excluding hydrogens is 388 g/mol. The van der Waals surface area contributed by atoms with Gasteiger partial charge in [-0.2, -0.15) is 0 Å². The van der Waals surface area contributed by atoms with E-state index >= 15 is 0 Å². The Bertz CT molecular complexity index is 1160. The molecule has 0 spiro atoms. The normalized spacial score (nSPS) is 11.0. The Morgan fingerprint density at radius 3 is 2.69 bits per heavy atom. The molecule has 0 N–H and O–H groups in total. The van der Waals surface area contributed by atoms with E-state index in [0.29, 0.717) is 28.8 Å². The molecule has 29 heavy (non-hydrogen) atoms. The van der Waals surface area contributed by atoms with Gasteiger partial charge in [-0.3, -0.25) is 4.79 Å². The van der Waals surface area contributed by atoms with Crippen molar-refractivity contribution in [3.05, 3.63) is 83.0 Å². The maximum atomic E-state index is 12.2. The minimum absolute atomic E-state index is 0.0319.